The Balaban J connectivity index is 1.37. The van der Waals surface area contributed by atoms with Crippen LogP contribution >= 0.6 is 0 Å². The maximum absolute atomic E-state index is 5.95. The van der Waals surface area contributed by atoms with Gasteiger partial charge in [-0.3, -0.25) is 0 Å². The fourth-order valence-electron chi connectivity index (χ4n) is 4.62. The topological polar surface area (TPSA) is 9.23 Å². The van der Waals surface area contributed by atoms with Gasteiger partial charge in [-0.2, -0.15) is 0 Å². The maximum Gasteiger partial charge on any atom is 0.119 e. The van der Waals surface area contributed by atoms with E-state index in [1.54, 1.807) is 0 Å². The molecule has 1 heteroatoms. The van der Waals surface area contributed by atoms with Crippen LogP contribution in [0, 0.1) is 23.7 Å². The lowest BCUT2D eigenvalue weighted by molar-refractivity contribution is 0.123. The molecule has 0 amide bonds. The molecule has 3 rings (SSSR count). The minimum absolute atomic E-state index is 0.781. The highest BCUT2D eigenvalue weighted by Gasteiger charge is 2.30. The average Bonchev–Trinajstić information content (AvgIpc) is 2.61. The smallest absolute Gasteiger partial charge is 0.119 e. The molecule has 0 aromatic heterocycles. The number of hydrogen-bond acceptors (Lipinski definition) is 1. The van der Waals surface area contributed by atoms with Crippen LogP contribution in [-0.2, 0) is 0 Å². The molecule has 2 aliphatic carbocycles. The molecule has 0 saturated heterocycles. The summed E-state index contributed by atoms with van der Waals surface area (Å²) in [7, 11) is 0. The number of benzene rings is 1. The molecule has 0 heterocycles. The standard InChI is InChI=1S/C21H32O/c1-2-17-8-12-19(13-9-17)20-14-10-18(11-15-20)16-22-21-6-4-3-5-7-21/h3-7,17-20H,2,8-16H2,1H3. The van der Waals surface area contributed by atoms with Crippen LogP contribution in [0.1, 0.15) is 64.7 Å². The zero-order chi connectivity index (χ0) is 15.2. The molecule has 122 valence electrons. The molecule has 0 radical (unpaired) electrons. The first-order valence-electron chi connectivity index (χ1n) is 9.53. The van der Waals surface area contributed by atoms with E-state index in [2.05, 4.69) is 31.2 Å². The molecule has 22 heavy (non-hydrogen) atoms. The van der Waals surface area contributed by atoms with Gasteiger partial charge in [0.1, 0.15) is 5.75 Å². The van der Waals surface area contributed by atoms with Crippen molar-refractivity contribution in [2.75, 3.05) is 6.61 Å². The molecule has 0 spiro atoms. The van der Waals surface area contributed by atoms with Crippen molar-refractivity contribution in [2.24, 2.45) is 23.7 Å². The maximum atomic E-state index is 5.95. The van der Waals surface area contributed by atoms with Gasteiger partial charge in [-0.1, -0.05) is 44.4 Å². The highest BCUT2D eigenvalue weighted by atomic mass is 16.5. The quantitative estimate of drug-likeness (QED) is 0.639. The van der Waals surface area contributed by atoms with Gasteiger partial charge in [0, 0.05) is 0 Å². The highest BCUT2D eigenvalue weighted by molar-refractivity contribution is 5.20. The van der Waals surface area contributed by atoms with Gasteiger partial charge in [0.25, 0.3) is 0 Å². The number of para-hydroxylation sites is 1. The molecule has 2 fully saturated rings. The van der Waals surface area contributed by atoms with Crippen LogP contribution in [-0.4, -0.2) is 6.61 Å². The third-order valence-electron chi connectivity index (χ3n) is 6.26. The van der Waals surface area contributed by atoms with Gasteiger partial charge in [0.15, 0.2) is 0 Å². The highest BCUT2D eigenvalue weighted by Crippen LogP contribution is 2.41. The largest absolute Gasteiger partial charge is 0.493 e. The Kier molecular flexibility index (Phi) is 5.81. The van der Waals surface area contributed by atoms with Crippen molar-refractivity contribution >= 4 is 0 Å². The van der Waals surface area contributed by atoms with Gasteiger partial charge in [0.2, 0.25) is 0 Å². The molecular formula is C21H32O. The van der Waals surface area contributed by atoms with Gasteiger partial charge >= 0.3 is 0 Å². The third-order valence-corrected chi connectivity index (χ3v) is 6.26. The normalized spacial score (nSPS) is 32.6. The van der Waals surface area contributed by atoms with Crippen LogP contribution in [0.25, 0.3) is 0 Å². The van der Waals surface area contributed by atoms with Gasteiger partial charge in [-0.15, -0.1) is 0 Å². The number of rotatable bonds is 5. The zero-order valence-corrected chi connectivity index (χ0v) is 14.2. The summed E-state index contributed by atoms with van der Waals surface area (Å²) >= 11 is 0. The molecule has 0 unspecified atom stereocenters. The summed E-state index contributed by atoms with van der Waals surface area (Å²) < 4.78 is 5.95. The first-order chi connectivity index (χ1) is 10.8. The van der Waals surface area contributed by atoms with Crippen molar-refractivity contribution in [3.63, 3.8) is 0 Å². The summed E-state index contributed by atoms with van der Waals surface area (Å²) in [6.45, 7) is 3.28. The van der Waals surface area contributed by atoms with Crippen molar-refractivity contribution in [3.05, 3.63) is 30.3 Å². The first kappa shape index (κ1) is 15.9. The Morgan fingerprint density at radius 2 is 1.32 bits per heavy atom. The fraction of sp³-hybridized carbons (Fsp3) is 0.714. The van der Waals surface area contributed by atoms with Crippen molar-refractivity contribution in [1.29, 1.82) is 0 Å². The molecule has 0 bridgehead atoms. The molecule has 0 N–H and O–H groups in total. The Morgan fingerprint density at radius 3 is 1.86 bits per heavy atom. The predicted octanol–water partition coefficient (Wildman–Crippen LogP) is 6.09. The summed E-state index contributed by atoms with van der Waals surface area (Å²) in [6, 6.07) is 10.3. The van der Waals surface area contributed by atoms with Crippen LogP contribution in [0.5, 0.6) is 5.75 Å². The van der Waals surface area contributed by atoms with Crippen LogP contribution in [0.2, 0.25) is 0 Å². The Bertz CT molecular complexity index is 411. The summed E-state index contributed by atoms with van der Waals surface area (Å²) in [5.41, 5.74) is 0. The van der Waals surface area contributed by atoms with Gasteiger partial charge in [-0.25, -0.2) is 0 Å². The second kappa shape index (κ2) is 8.04. The fourth-order valence-corrected chi connectivity index (χ4v) is 4.62. The van der Waals surface area contributed by atoms with Crippen molar-refractivity contribution in [1.82, 2.24) is 0 Å². The first-order valence-corrected chi connectivity index (χ1v) is 9.53. The van der Waals surface area contributed by atoms with Crippen LogP contribution < -0.4 is 4.74 Å². The number of hydrogen-bond donors (Lipinski definition) is 0. The van der Waals surface area contributed by atoms with E-state index in [1.807, 2.05) is 6.07 Å². The van der Waals surface area contributed by atoms with Crippen LogP contribution in [0.4, 0.5) is 0 Å². The minimum atomic E-state index is 0.781. The molecule has 0 aliphatic heterocycles. The van der Waals surface area contributed by atoms with Crippen LogP contribution in [0.15, 0.2) is 30.3 Å². The lowest BCUT2D eigenvalue weighted by Crippen LogP contribution is -2.27. The molecule has 2 aliphatic rings. The lowest BCUT2D eigenvalue weighted by atomic mass is 9.69. The molecule has 1 aromatic rings. The molecular weight excluding hydrogens is 268 g/mol. The summed E-state index contributed by atoms with van der Waals surface area (Å²) in [5, 5.41) is 0. The van der Waals surface area contributed by atoms with E-state index in [4.69, 9.17) is 4.74 Å². The van der Waals surface area contributed by atoms with E-state index < -0.39 is 0 Å². The van der Waals surface area contributed by atoms with Gasteiger partial charge < -0.3 is 4.74 Å². The number of ether oxygens (including phenoxy) is 1. The minimum Gasteiger partial charge on any atom is -0.493 e. The lowest BCUT2D eigenvalue weighted by Gasteiger charge is -2.37. The molecule has 1 nitrogen and oxygen atoms in total. The van der Waals surface area contributed by atoms with Crippen LogP contribution in [0.3, 0.4) is 0 Å². The second-order valence-corrected chi connectivity index (χ2v) is 7.59. The Labute approximate surface area is 136 Å². The van der Waals surface area contributed by atoms with E-state index in [0.717, 1.165) is 36.0 Å². The van der Waals surface area contributed by atoms with Crippen molar-refractivity contribution in [3.8, 4) is 5.75 Å². The van der Waals surface area contributed by atoms with E-state index >= 15 is 0 Å². The molecule has 0 atom stereocenters. The molecule has 1 aromatic carbocycles. The van der Waals surface area contributed by atoms with Crippen molar-refractivity contribution < 1.29 is 4.74 Å². The average molecular weight is 300 g/mol. The van der Waals surface area contributed by atoms with E-state index in [0.29, 0.717) is 0 Å². The van der Waals surface area contributed by atoms with E-state index in [-0.39, 0.29) is 0 Å². The summed E-state index contributed by atoms with van der Waals surface area (Å²) in [5.74, 6) is 4.90. The zero-order valence-electron chi connectivity index (χ0n) is 14.2. The predicted molar refractivity (Wildman–Crippen MR) is 93.1 cm³/mol. The van der Waals surface area contributed by atoms with Gasteiger partial charge in [-0.05, 0) is 74.3 Å². The SMILES string of the molecule is CCC1CCC(C2CCC(COc3ccccc3)CC2)CC1. The Morgan fingerprint density at radius 1 is 0.773 bits per heavy atom. The second-order valence-electron chi connectivity index (χ2n) is 7.59. The van der Waals surface area contributed by atoms with E-state index in [1.165, 1.54) is 57.8 Å². The van der Waals surface area contributed by atoms with Gasteiger partial charge in [0.05, 0.1) is 6.61 Å². The molecule has 2 saturated carbocycles. The third kappa shape index (κ3) is 4.27. The summed E-state index contributed by atoms with van der Waals surface area (Å²) in [4.78, 5) is 0. The van der Waals surface area contributed by atoms with E-state index in [9.17, 15) is 0 Å². The van der Waals surface area contributed by atoms with Crippen molar-refractivity contribution in [2.45, 2.75) is 64.7 Å². The summed E-state index contributed by atoms with van der Waals surface area (Å²) in [6.07, 6.45) is 13.1. The Hall–Kier alpha value is -0.980. The monoisotopic (exact) mass is 300 g/mol.